The second kappa shape index (κ2) is 6.51. The van der Waals surface area contributed by atoms with Gasteiger partial charge in [-0.2, -0.15) is 0 Å². The number of carbonyl (C=O) groups is 1. The average Bonchev–Trinajstić information content (AvgIpc) is 2.28. The van der Waals surface area contributed by atoms with Crippen LogP contribution in [0.2, 0.25) is 5.02 Å². The first-order valence-electron chi connectivity index (χ1n) is 5.22. The van der Waals surface area contributed by atoms with Crippen LogP contribution in [0.25, 0.3) is 0 Å². The van der Waals surface area contributed by atoms with Gasteiger partial charge in [-0.25, -0.2) is 0 Å². The van der Waals surface area contributed by atoms with Crippen molar-refractivity contribution in [3.63, 3.8) is 0 Å². The van der Waals surface area contributed by atoms with Gasteiger partial charge in [-0.05, 0) is 18.5 Å². The van der Waals surface area contributed by atoms with Gasteiger partial charge in [0.05, 0.1) is 0 Å². The van der Waals surface area contributed by atoms with Gasteiger partial charge < -0.3 is 10.5 Å². The summed E-state index contributed by atoms with van der Waals surface area (Å²) in [4.78, 5) is 11.4. The molecule has 1 rings (SSSR count). The van der Waals surface area contributed by atoms with Crippen molar-refractivity contribution in [3.8, 4) is 0 Å². The van der Waals surface area contributed by atoms with Crippen LogP contribution in [0.4, 0.5) is 0 Å². The number of halogens is 1. The summed E-state index contributed by atoms with van der Waals surface area (Å²) in [6.45, 7) is 2.62. The standard InChI is InChI=1S/C12H16ClNO2/c1-9(7-14)6-12(15)16-8-10-4-2-3-5-11(10)13/h2-5,9H,6-8,14H2,1H3. The number of nitrogens with two attached hydrogens (primary N) is 1. The molecule has 0 bridgehead atoms. The SMILES string of the molecule is CC(CN)CC(=O)OCc1ccccc1Cl. The van der Waals surface area contributed by atoms with Crippen molar-refractivity contribution in [2.75, 3.05) is 6.54 Å². The summed E-state index contributed by atoms with van der Waals surface area (Å²) in [6.07, 6.45) is 0.348. The van der Waals surface area contributed by atoms with Crippen molar-refractivity contribution in [2.24, 2.45) is 11.7 Å². The third-order valence-electron chi connectivity index (χ3n) is 2.26. The molecule has 0 aromatic heterocycles. The molecule has 16 heavy (non-hydrogen) atoms. The molecule has 4 heteroatoms. The highest BCUT2D eigenvalue weighted by Crippen LogP contribution is 2.16. The normalized spacial score (nSPS) is 12.2. The zero-order valence-electron chi connectivity index (χ0n) is 9.28. The zero-order valence-corrected chi connectivity index (χ0v) is 10.0. The van der Waals surface area contributed by atoms with Crippen molar-refractivity contribution in [3.05, 3.63) is 34.9 Å². The Kier molecular flexibility index (Phi) is 5.29. The molecule has 0 amide bonds. The van der Waals surface area contributed by atoms with E-state index in [1.165, 1.54) is 0 Å². The topological polar surface area (TPSA) is 52.3 Å². The molecule has 0 fully saturated rings. The molecule has 88 valence electrons. The summed E-state index contributed by atoms with van der Waals surface area (Å²) in [5, 5.41) is 0.613. The fourth-order valence-corrected chi connectivity index (χ4v) is 1.39. The average molecular weight is 242 g/mol. The maximum Gasteiger partial charge on any atom is 0.306 e. The first-order chi connectivity index (χ1) is 7.63. The van der Waals surface area contributed by atoms with Crippen molar-refractivity contribution in [1.82, 2.24) is 0 Å². The first-order valence-corrected chi connectivity index (χ1v) is 5.60. The summed E-state index contributed by atoms with van der Waals surface area (Å²) in [6, 6.07) is 7.30. The Morgan fingerprint density at radius 1 is 1.50 bits per heavy atom. The molecule has 0 aliphatic carbocycles. The van der Waals surface area contributed by atoms with E-state index < -0.39 is 0 Å². The highest BCUT2D eigenvalue weighted by molar-refractivity contribution is 6.31. The van der Waals surface area contributed by atoms with Crippen LogP contribution in [-0.2, 0) is 16.1 Å². The number of esters is 1. The van der Waals surface area contributed by atoms with E-state index in [0.29, 0.717) is 18.0 Å². The lowest BCUT2D eigenvalue weighted by Gasteiger charge is -2.09. The third-order valence-corrected chi connectivity index (χ3v) is 2.63. The maximum absolute atomic E-state index is 11.4. The number of hydrogen-bond donors (Lipinski definition) is 1. The summed E-state index contributed by atoms with van der Waals surface area (Å²) in [5.41, 5.74) is 6.24. The van der Waals surface area contributed by atoms with Crippen molar-refractivity contribution < 1.29 is 9.53 Å². The van der Waals surface area contributed by atoms with Crippen LogP contribution >= 0.6 is 11.6 Å². The lowest BCUT2D eigenvalue weighted by Crippen LogP contribution is -2.16. The Morgan fingerprint density at radius 3 is 2.81 bits per heavy atom. The smallest absolute Gasteiger partial charge is 0.306 e. The molecule has 0 heterocycles. The van der Waals surface area contributed by atoms with Crippen LogP contribution < -0.4 is 5.73 Å². The second-order valence-corrected chi connectivity index (χ2v) is 4.20. The lowest BCUT2D eigenvalue weighted by atomic mass is 10.1. The van der Waals surface area contributed by atoms with Crippen LogP contribution in [0, 0.1) is 5.92 Å². The molecule has 0 spiro atoms. The van der Waals surface area contributed by atoms with Gasteiger partial charge in [-0.1, -0.05) is 36.7 Å². The minimum atomic E-state index is -0.238. The Hall–Kier alpha value is -1.06. The van der Waals surface area contributed by atoms with E-state index in [-0.39, 0.29) is 18.5 Å². The van der Waals surface area contributed by atoms with E-state index in [4.69, 9.17) is 22.1 Å². The molecule has 3 nitrogen and oxygen atoms in total. The maximum atomic E-state index is 11.4. The van der Waals surface area contributed by atoms with Gasteiger partial charge in [-0.3, -0.25) is 4.79 Å². The minimum absolute atomic E-state index is 0.152. The Bertz CT molecular complexity index is 355. The summed E-state index contributed by atoms with van der Waals surface area (Å²) >= 11 is 5.93. The van der Waals surface area contributed by atoms with Crippen molar-refractivity contribution in [1.29, 1.82) is 0 Å². The third kappa shape index (κ3) is 4.21. The van der Waals surface area contributed by atoms with Gasteiger partial charge in [-0.15, -0.1) is 0 Å². The van der Waals surface area contributed by atoms with Gasteiger partial charge in [0.1, 0.15) is 6.61 Å². The van der Waals surface area contributed by atoms with E-state index in [2.05, 4.69) is 0 Å². The van der Waals surface area contributed by atoms with E-state index in [1.807, 2.05) is 25.1 Å². The first kappa shape index (κ1) is 13.0. The van der Waals surface area contributed by atoms with Crippen LogP contribution in [0.5, 0.6) is 0 Å². The molecule has 2 N–H and O–H groups in total. The monoisotopic (exact) mass is 241 g/mol. The van der Waals surface area contributed by atoms with Crippen LogP contribution in [-0.4, -0.2) is 12.5 Å². The van der Waals surface area contributed by atoms with E-state index in [1.54, 1.807) is 6.07 Å². The largest absolute Gasteiger partial charge is 0.461 e. The molecular weight excluding hydrogens is 226 g/mol. The Morgan fingerprint density at radius 2 is 2.19 bits per heavy atom. The summed E-state index contributed by atoms with van der Waals surface area (Å²) in [5.74, 6) is -0.0865. The fourth-order valence-electron chi connectivity index (χ4n) is 1.20. The van der Waals surface area contributed by atoms with Gasteiger partial charge in [0.15, 0.2) is 0 Å². The van der Waals surface area contributed by atoms with Gasteiger partial charge in [0, 0.05) is 17.0 Å². The summed E-state index contributed by atoms with van der Waals surface area (Å²) in [7, 11) is 0. The molecule has 1 atom stereocenters. The second-order valence-electron chi connectivity index (χ2n) is 3.80. The fraction of sp³-hybridized carbons (Fsp3) is 0.417. The number of hydrogen-bond acceptors (Lipinski definition) is 3. The predicted octanol–water partition coefficient (Wildman–Crippen LogP) is 2.37. The molecular formula is C12H16ClNO2. The summed E-state index contributed by atoms with van der Waals surface area (Å²) < 4.78 is 5.10. The van der Waals surface area contributed by atoms with Gasteiger partial charge in [0.2, 0.25) is 0 Å². The molecule has 1 aromatic carbocycles. The van der Waals surface area contributed by atoms with E-state index in [0.717, 1.165) is 5.56 Å². The molecule has 1 unspecified atom stereocenters. The van der Waals surface area contributed by atoms with Crippen LogP contribution in [0.3, 0.4) is 0 Å². The Balaban J connectivity index is 2.40. The minimum Gasteiger partial charge on any atom is -0.461 e. The Labute approximate surface area is 101 Å². The lowest BCUT2D eigenvalue weighted by molar-refractivity contribution is -0.145. The highest BCUT2D eigenvalue weighted by Gasteiger charge is 2.09. The number of benzene rings is 1. The molecule has 0 aliphatic rings. The van der Waals surface area contributed by atoms with Crippen molar-refractivity contribution in [2.45, 2.75) is 20.0 Å². The number of carbonyl (C=O) groups excluding carboxylic acids is 1. The highest BCUT2D eigenvalue weighted by atomic mass is 35.5. The van der Waals surface area contributed by atoms with Crippen LogP contribution in [0.15, 0.2) is 24.3 Å². The van der Waals surface area contributed by atoms with Gasteiger partial charge in [0.25, 0.3) is 0 Å². The zero-order chi connectivity index (χ0) is 12.0. The predicted molar refractivity (Wildman–Crippen MR) is 64.1 cm³/mol. The molecule has 0 saturated heterocycles. The molecule has 0 radical (unpaired) electrons. The van der Waals surface area contributed by atoms with E-state index >= 15 is 0 Å². The molecule has 0 saturated carbocycles. The van der Waals surface area contributed by atoms with E-state index in [9.17, 15) is 4.79 Å². The quantitative estimate of drug-likeness (QED) is 0.806. The number of rotatable bonds is 5. The molecule has 1 aromatic rings. The van der Waals surface area contributed by atoms with Crippen molar-refractivity contribution >= 4 is 17.6 Å². The van der Waals surface area contributed by atoms with Crippen LogP contribution in [0.1, 0.15) is 18.9 Å². The van der Waals surface area contributed by atoms with Gasteiger partial charge >= 0.3 is 5.97 Å². The number of ether oxygens (including phenoxy) is 1. The molecule has 0 aliphatic heterocycles.